The number of carbonyl (C=O) groups excluding carboxylic acids is 1. The first kappa shape index (κ1) is 11.9. The second kappa shape index (κ2) is 4.15. The van der Waals surface area contributed by atoms with Crippen LogP contribution in [-0.2, 0) is 11.2 Å². The molecule has 0 bridgehead atoms. The van der Waals surface area contributed by atoms with E-state index in [1.807, 2.05) is 26.0 Å². The highest BCUT2D eigenvalue weighted by atomic mass is 16.1. The van der Waals surface area contributed by atoms with Gasteiger partial charge in [-0.15, -0.1) is 0 Å². The van der Waals surface area contributed by atoms with E-state index >= 15 is 0 Å². The van der Waals surface area contributed by atoms with Gasteiger partial charge in [0.2, 0.25) is 0 Å². The number of aryl methyl sites for hydroxylation is 2. The summed E-state index contributed by atoms with van der Waals surface area (Å²) in [6, 6.07) is 6.18. The van der Waals surface area contributed by atoms with Crippen LogP contribution in [0.2, 0.25) is 0 Å². The van der Waals surface area contributed by atoms with E-state index in [2.05, 4.69) is 6.07 Å². The van der Waals surface area contributed by atoms with E-state index in [1.54, 1.807) is 13.8 Å². The molecule has 2 N–H and O–H groups in total. The van der Waals surface area contributed by atoms with Crippen LogP contribution in [0.1, 0.15) is 30.5 Å². The molecule has 2 nitrogen and oxygen atoms in total. The van der Waals surface area contributed by atoms with E-state index in [9.17, 15) is 4.79 Å². The van der Waals surface area contributed by atoms with Gasteiger partial charge in [0.05, 0.1) is 5.54 Å². The van der Waals surface area contributed by atoms with Crippen molar-refractivity contribution < 1.29 is 4.79 Å². The van der Waals surface area contributed by atoms with E-state index in [0.717, 1.165) is 5.56 Å². The molecule has 0 aliphatic heterocycles. The first-order valence-corrected chi connectivity index (χ1v) is 5.18. The summed E-state index contributed by atoms with van der Waals surface area (Å²) in [5.74, 6) is 0.0764. The van der Waals surface area contributed by atoms with Crippen LogP contribution in [0.15, 0.2) is 18.2 Å². The third-order valence-corrected chi connectivity index (χ3v) is 2.36. The van der Waals surface area contributed by atoms with Gasteiger partial charge in [0, 0.05) is 6.42 Å². The number of hydrogen-bond acceptors (Lipinski definition) is 2. The summed E-state index contributed by atoms with van der Waals surface area (Å²) in [6.45, 7) is 7.57. The molecule has 0 saturated heterocycles. The highest BCUT2D eigenvalue weighted by molar-refractivity contribution is 5.89. The van der Waals surface area contributed by atoms with Gasteiger partial charge in [0.25, 0.3) is 0 Å². The van der Waals surface area contributed by atoms with Crippen molar-refractivity contribution in [2.75, 3.05) is 0 Å². The standard InChI is InChI=1S/C13H19NO/c1-9-5-10(2)7-11(6-9)8-12(15)13(3,4)14/h5-7H,8,14H2,1-4H3. The largest absolute Gasteiger partial charge is 0.319 e. The molecule has 0 atom stereocenters. The zero-order valence-corrected chi connectivity index (χ0v) is 9.92. The molecule has 82 valence electrons. The molecule has 0 aromatic heterocycles. The number of Topliss-reactive ketones (excluding diaryl/α,β-unsaturated/α-hetero) is 1. The van der Waals surface area contributed by atoms with Crippen molar-refractivity contribution in [2.24, 2.45) is 5.73 Å². The number of carbonyl (C=O) groups is 1. The molecule has 0 aliphatic carbocycles. The molecular formula is C13H19NO. The lowest BCUT2D eigenvalue weighted by atomic mass is 9.93. The van der Waals surface area contributed by atoms with Crippen molar-refractivity contribution in [1.29, 1.82) is 0 Å². The summed E-state index contributed by atoms with van der Waals surface area (Å²) in [7, 11) is 0. The number of ketones is 1. The van der Waals surface area contributed by atoms with Gasteiger partial charge in [-0.1, -0.05) is 29.3 Å². The second-order valence-electron chi connectivity index (χ2n) is 4.82. The number of rotatable bonds is 3. The van der Waals surface area contributed by atoms with Crippen molar-refractivity contribution >= 4 is 5.78 Å². The Morgan fingerprint density at radius 3 is 2.07 bits per heavy atom. The summed E-state index contributed by atoms with van der Waals surface area (Å²) in [6.07, 6.45) is 0.423. The van der Waals surface area contributed by atoms with Crippen LogP contribution in [0.5, 0.6) is 0 Å². The van der Waals surface area contributed by atoms with Crippen molar-refractivity contribution in [1.82, 2.24) is 0 Å². The maximum absolute atomic E-state index is 11.7. The van der Waals surface area contributed by atoms with Crippen molar-refractivity contribution in [3.05, 3.63) is 34.9 Å². The molecule has 0 heterocycles. The van der Waals surface area contributed by atoms with Gasteiger partial charge < -0.3 is 5.73 Å². The molecule has 15 heavy (non-hydrogen) atoms. The smallest absolute Gasteiger partial charge is 0.156 e. The topological polar surface area (TPSA) is 43.1 Å². The lowest BCUT2D eigenvalue weighted by Crippen LogP contribution is -2.42. The Bertz CT molecular complexity index is 354. The van der Waals surface area contributed by atoms with E-state index < -0.39 is 5.54 Å². The lowest BCUT2D eigenvalue weighted by Gasteiger charge is -2.17. The van der Waals surface area contributed by atoms with E-state index in [-0.39, 0.29) is 5.78 Å². The molecular weight excluding hydrogens is 186 g/mol. The molecule has 1 aromatic rings. The molecule has 0 unspecified atom stereocenters. The minimum atomic E-state index is -0.738. The molecule has 0 radical (unpaired) electrons. The third-order valence-electron chi connectivity index (χ3n) is 2.36. The minimum Gasteiger partial charge on any atom is -0.319 e. The van der Waals surface area contributed by atoms with Crippen LogP contribution in [0, 0.1) is 13.8 Å². The fraction of sp³-hybridized carbons (Fsp3) is 0.462. The maximum Gasteiger partial charge on any atom is 0.156 e. The van der Waals surface area contributed by atoms with Crippen molar-refractivity contribution in [3.8, 4) is 0 Å². The van der Waals surface area contributed by atoms with Crippen LogP contribution in [0.4, 0.5) is 0 Å². The number of hydrogen-bond donors (Lipinski definition) is 1. The zero-order chi connectivity index (χ0) is 11.6. The average molecular weight is 205 g/mol. The second-order valence-corrected chi connectivity index (χ2v) is 4.82. The Morgan fingerprint density at radius 1 is 1.20 bits per heavy atom. The summed E-state index contributed by atoms with van der Waals surface area (Å²) in [4.78, 5) is 11.7. The fourth-order valence-electron chi connectivity index (χ4n) is 1.58. The molecule has 2 heteroatoms. The van der Waals surface area contributed by atoms with Gasteiger partial charge in [-0.25, -0.2) is 0 Å². The fourth-order valence-corrected chi connectivity index (χ4v) is 1.58. The zero-order valence-electron chi connectivity index (χ0n) is 9.92. The summed E-state index contributed by atoms with van der Waals surface area (Å²) in [5, 5.41) is 0. The molecule has 0 aliphatic rings. The number of nitrogens with two attached hydrogens (primary N) is 1. The van der Waals surface area contributed by atoms with E-state index in [4.69, 9.17) is 5.73 Å². The maximum atomic E-state index is 11.7. The molecule has 1 aromatic carbocycles. The van der Waals surface area contributed by atoms with Gasteiger partial charge in [0.15, 0.2) is 5.78 Å². The van der Waals surface area contributed by atoms with Crippen LogP contribution in [0.25, 0.3) is 0 Å². The van der Waals surface area contributed by atoms with Crippen molar-refractivity contribution in [3.63, 3.8) is 0 Å². The van der Waals surface area contributed by atoms with Gasteiger partial charge in [-0.05, 0) is 33.3 Å². The predicted molar refractivity (Wildman–Crippen MR) is 62.9 cm³/mol. The Kier molecular flexibility index (Phi) is 3.30. The van der Waals surface area contributed by atoms with Gasteiger partial charge in [0.1, 0.15) is 0 Å². The summed E-state index contributed by atoms with van der Waals surface area (Å²) < 4.78 is 0. The Labute approximate surface area is 91.5 Å². The van der Waals surface area contributed by atoms with Gasteiger partial charge in [-0.3, -0.25) is 4.79 Å². The van der Waals surface area contributed by atoms with Crippen LogP contribution < -0.4 is 5.73 Å². The Hall–Kier alpha value is -1.15. The van der Waals surface area contributed by atoms with Crippen molar-refractivity contribution in [2.45, 2.75) is 39.7 Å². The molecule has 0 amide bonds. The first-order valence-electron chi connectivity index (χ1n) is 5.18. The summed E-state index contributed by atoms with van der Waals surface area (Å²) in [5.41, 5.74) is 8.44. The van der Waals surface area contributed by atoms with Gasteiger partial charge >= 0.3 is 0 Å². The SMILES string of the molecule is Cc1cc(C)cc(CC(=O)C(C)(C)N)c1. The monoisotopic (exact) mass is 205 g/mol. The lowest BCUT2D eigenvalue weighted by molar-refractivity contribution is -0.122. The van der Waals surface area contributed by atoms with E-state index in [1.165, 1.54) is 11.1 Å². The Morgan fingerprint density at radius 2 is 1.67 bits per heavy atom. The molecule has 0 fully saturated rings. The van der Waals surface area contributed by atoms with Crippen LogP contribution in [-0.4, -0.2) is 11.3 Å². The predicted octanol–water partition coefficient (Wildman–Crippen LogP) is 2.15. The first-order chi connectivity index (χ1) is 6.79. The van der Waals surface area contributed by atoms with Crippen LogP contribution in [0.3, 0.4) is 0 Å². The van der Waals surface area contributed by atoms with Gasteiger partial charge in [-0.2, -0.15) is 0 Å². The molecule has 1 rings (SSSR count). The Balaban J connectivity index is 2.86. The van der Waals surface area contributed by atoms with E-state index in [0.29, 0.717) is 6.42 Å². The van der Waals surface area contributed by atoms with Crippen LogP contribution >= 0.6 is 0 Å². The highest BCUT2D eigenvalue weighted by Gasteiger charge is 2.21. The average Bonchev–Trinajstić information content (AvgIpc) is 1.99. The third kappa shape index (κ3) is 3.48. The summed E-state index contributed by atoms with van der Waals surface area (Å²) >= 11 is 0. The highest BCUT2D eigenvalue weighted by Crippen LogP contribution is 2.12. The number of benzene rings is 1. The quantitative estimate of drug-likeness (QED) is 0.821. The minimum absolute atomic E-state index is 0.0764. The normalized spacial score (nSPS) is 11.5. The molecule has 0 saturated carbocycles. The molecule has 0 spiro atoms.